The Labute approximate surface area is 120 Å². The number of nitrogen functional groups attached to an aromatic ring is 1. The summed E-state index contributed by atoms with van der Waals surface area (Å²) in [7, 11) is 0. The number of aliphatic hydroxyl groups excluding tert-OH is 1. The molecule has 5 heteroatoms. The minimum Gasteiger partial charge on any atom is -0.398 e. The maximum atomic E-state index is 13.1. The van der Waals surface area contributed by atoms with Crippen LogP contribution in [0.2, 0.25) is 10.0 Å². The third-order valence-electron chi connectivity index (χ3n) is 2.83. The van der Waals surface area contributed by atoms with Crippen molar-refractivity contribution in [3.8, 4) is 0 Å². The third kappa shape index (κ3) is 3.38. The zero-order chi connectivity index (χ0) is 14.0. The highest BCUT2D eigenvalue weighted by Crippen LogP contribution is 2.28. The Morgan fingerprint density at radius 1 is 1.16 bits per heavy atom. The van der Waals surface area contributed by atoms with Crippen molar-refractivity contribution in [1.29, 1.82) is 0 Å². The fourth-order valence-corrected chi connectivity index (χ4v) is 2.24. The average Bonchev–Trinajstić information content (AvgIpc) is 2.33. The molecule has 2 rings (SSSR count). The lowest BCUT2D eigenvalue weighted by atomic mass is 10.00. The first-order valence-corrected chi connectivity index (χ1v) is 6.40. The second-order valence-electron chi connectivity index (χ2n) is 4.23. The van der Waals surface area contributed by atoms with Crippen molar-refractivity contribution in [2.45, 2.75) is 12.5 Å². The minimum atomic E-state index is -0.864. The highest BCUT2D eigenvalue weighted by Gasteiger charge is 2.14. The van der Waals surface area contributed by atoms with Crippen molar-refractivity contribution in [1.82, 2.24) is 0 Å². The van der Waals surface area contributed by atoms with Crippen LogP contribution in [0.1, 0.15) is 17.2 Å². The van der Waals surface area contributed by atoms with E-state index >= 15 is 0 Å². The Bertz CT molecular complexity index is 604. The zero-order valence-corrected chi connectivity index (χ0v) is 11.4. The van der Waals surface area contributed by atoms with Gasteiger partial charge in [0.1, 0.15) is 5.82 Å². The number of nitrogens with two attached hydrogens (primary N) is 1. The minimum absolute atomic E-state index is 0.183. The lowest BCUT2D eigenvalue weighted by Crippen LogP contribution is -2.06. The van der Waals surface area contributed by atoms with E-state index < -0.39 is 11.9 Å². The van der Waals surface area contributed by atoms with Gasteiger partial charge in [-0.3, -0.25) is 0 Å². The van der Waals surface area contributed by atoms with Gasteiger partial charge in [-0.15, -0.1) is 0 Å². The summed E-state index contributed by atoms with van der Waals surface area (Å²) in [6.45, 7) is 0. The lowest BCUT2D eigenvalue weighted by Gasteiger charge is -2.14. The largest absolute Gasteiger partial charge is 0.398 e. The normalized spacial score (nSPS) is 12.4. The van der Waals surface area contributed by atoms with E-state index in [0.717, 1.165) is 0 Å². The monoisotopic (exact) mass is 299 g/mol. The van der Waals surface area contributed by atoms with Crippen molar-refractivity contribution in [3.05, 3.63) is 63.4 Å². The van der Waals surface area contributed by atoms with E-state index in [1.807, 2.05) is 0 Å². The SMILES string of the molecule is Nc1cc(Cl)ccc1C(O)Cc1cc(F)ccc1Cl. The number of hydrogen-bond acceptors (Lipinski definition) is 2. The third-order valence-corrected chi connectivity index (χ3v) is 3.43. The summed E-state index contributed by atoms with van der Waals surface area (Å²) in [5.41, 5.74) is 7.27. The highest BCUT2D eigenvalue weighted by molar-refractivity contribution is 6.31. The smallest absolute Gasteiger partial charge is 0.123 e. The molecule has 1 atom stereocenters. The van der Waals surface area contributed by atoms with Crippen LogP contribution in [0.25, 0.3) is 0 Å². The van der Waals surface area contributed by atoms with Crippen LogP contribution in [-0.2, 0) is 6.42 Å². The van der Waals surface area contributed by atoms with Crippen LogP contribution in [-0.4, -0.2) is 5.11 Å². The summed E-state index contributed by atoms with van der Waals surface area (Å²) < 4.78 is 13.1. The number of aliphatic hydroxyl groups is 1. The maximum Gasteiger partial charge on any atom is 0.123 e. The molecule has 2 aromatic rings. The van der Waals surface area contributed by atoms with E-state index in [1.54, 1.807) is 18.2 Å². The molecule has 0 saturated carbocycles. The number of anilines is 1. The molecule has 0 aromatic heterocycles. The van der Waals surface area contributed by atoms with E-state index in [4.69, 9.17) is 28.9 Å². The van der Waals surface area contributed by atoms with Crippen LogP contribution in [0.5, 0.6) is 0 Å². The first-order chi connectivity index (χ1) is 8.97. The summed E-state index contributed by atoms with van der Waals surface area (Å²) in [6.07, 6.45) is -0.681. The second kappa shape index (κ2) is 5.78. The van der Waals surface area contributed by atoms with Gasteiger partial charge in [-0.25, -0.2) is 4.39 Å². The predicted octanol–water partition coefficient (Wildman–Crippen LogP) is 3.99. The van der Waals surface area contributed by atoms with Crippen LogP contribution in [0, 0.1) is 5.82 Å². The Kier molecular flexibility index (Phi) is 4.30. The molecule has 2 nitrogen and oxygen atoms in total. The van der Waals surface area contributed by atoms with Gasteiger partial charge in [-0.2, -0.15) is 0 Å². The number of benzene rings is 2. The summed E-state index contributed by atoms with van der Waals surface area (Å²) in [6, 6.07) is 8.89. The summed E-state index contributed by atoms with van der Waals surface area (Å²) in [5, 5.41) is 11.1. The van der Waals surface area contributed by atoms with Gasteiger partial charge < -0.3 is 10.8 Å². The van der Waals surface area contributed by atoms with Gasteiger partial charge in [-0.1, -0.05) is 29.3 Å². The Hall–Kier alpha value is -1.29. The quantitative estimate of drug-likeness (QED) is 0.842. The molecular formula is C14H12Cl2FNO. The van der Waals surface area contributed by atoms with Crippen LogP contribution in [0.4, 0.5) is 10.1 Å². The van der Waals surface area contributed by atoms with Gasteiger partial charge in [0.25, 0.3) is 0 Å². The second-order valence-corrected chi connectivity index (χ2v) is 5.07. The molecule has 0 aliphatic rings. The van der Waals surface area contributed by atoms with Crippen molar-refractivity contribution in [2.75, 3.05) is 5.73 Å². The fraction of sp³-hybridized carbons (Fsp3) is 0.143. The molecule has 0 radical (unpaired) electrons. The molecule has 0 amide bonds. The van der Waals surface area contributed by atoms with Crippen LogP contribution < -0.4 is 5.73 Å². The first kappa shape index (κ1) is 14.1. The predicted molar refractivity (Wildman–Crippen MR) is 75.9 cm³/mol. The first-order valence-electron chi connectivity index (χ1n) is 5.64. The van der Waals surface area contributed by atoms with Gasteiger partial charge in [0.2, 0.25) is 0 Å². The van der Waals surface area contributed by atoms with Gasteiger partial charge in [0, 0.05) is 27.7 Å². The topological polar surface area (TPSA) is 46.2 Å². The molecule has 0 aliphatic carbocycles. The molecular weight excluding hydrogens is 288 g/mol. The molecule has 1 unspecified atom stereocenters. The molecule has 0 bridgehead atoms. The Morgan fingerprint density at radius 2 is 1.89 bits per heavy atom. The summed E-state index contributed by atoms with van der Waals surface area (Å²) in [4.78, 5) is 0. The molecule has 100 valence electrons. The summed E-state index contributed by atoms with van der Waals surface area (Å²) >= 11 is 11.8. The van der Waals surface area contributed by atoms with Crippen LogP contribution in [0.15, 0.2) is 36.4 Å². The molecule has 2 aromatic carbocycles. The van der Waals surface area contributed by atoms with Crippen LogP contribution >= 0.6 is 23.2 Å². The van der Waals surface area contributed by atoms with Gasteiger partial charge >= 0.3 is 0 Å². The fourth-order valence-electron chi connectivity index (χ4n) is 1.87. The van der Waals surface area contributed by atoms with Gasteiger partial charge in [0.15, 0.2) is 0 Å². The van der Waals surface area contributed by atoms with Crippen LogP contribution in [0.3, 0.4) is 0 Å². The number of halogens is 3. The van der Waals surface area contributed by atoms with E-state index in [9.17, 15) is 9.50 Å². The van der Waals surface area contributed by atoms with Crippen molar-refractivity contribution in [3.63, 3.8) is 0 Å². The van der Waals surface area contributed by atoms with Crippen molar-refractivity contribution < 1.29 is 9.50 Å². The highest BCUT2D eigenvalue weighted by atomic mass is 35.5. The number of rotatable bonds is 3. The zero-order valence-electron chi connectivity index (χ0n) is 9.91. The van der Waals surface area contributed by atoms with Crippen molar-refractivity contribution in [2.24, 2.45) is 0 Å². The van der Waals surface area contributed by atoms with Gasteiger partial charge in [-0.05, 0) is 35.9 Å². The molecule has 0 spiro atoms. The molecule has 0 aliphatic heterocycles. The molecule has 3 N–H and O–H groups in total. The molecule has 0 fully saturated rings. The number of hydrogen-bond donors (Lipinski definition) is 2. The lowest BCUT2D eigenvalue weighted by molar-refractivity contribution is 0.179. The van der Waals surface area contributed by atoms with E-state index in [2.05, 4.69) is 0 Å². The van der Waals surface area contributed by atoms with Gasteiger partial charge in [0.05, 0.1) is 6.10 Å². The Morgan fingerprint density at radius 3 is 2.58 bits per heavy atom. The molecule has 19 heavy (non-hydrogen) atoms. The van der Waals surface area contributed by atoms with E-state index in [0.29, 0.717) is 26.9 Å². The van der Waals surface area contributed by atoms with E-state index in [1.165, 1.54) is 18.2 Å². The Balaban J connectivity index is 2.25. The molecule has 0 heterocycles. The maximum absolute atomic E-state index is 13.1. The van der Waals surface area contributed by atoms with E-state index in [-0.39, 0.29) is 6.42 Å². The molecule has 0 saturated heterocycles. The average molecular weight is 300 g/mol. The van der Waals surface area contributed by atoms with Crippen molar-refractivity contribution >= 4 is 28.9 Å². The summed E-state index contributed by atoms with van der Waals surface area (Å²) in [5.74, 6) is -0.393. The standard InChI is InChI=1S/C14H12Cl2FNO/c15-9-1-3-11(13(18)7-9)14(19)6-8-5-10(17)2-4-12(8)16/h1-5,7,14,19H,6,18H2.